The maximum absolute atomic E-state index is 14.0. The summed E-state index contributed by atoms with van der Waals surface area (Å²) >= 11 is 0. The van der Waals surface area contributed by atoms with E-state index in [0.717, 1.165) is 6.07 Å². The predicted molar refractivity (Wildman–Crippen MR) is 73.9 cm³/mol. The molecule has 0 aliphatic carbocycles. The van der Waals surface area contributed by atoms with Crippen molar-refractivity contribution in [3.63, 3.8) is 0 Å². The zero-order chi connectivity index (χ0) is 17.9. The highest BCUT2D eigenvalue weighted by molar-refractivity contribution is 5.98. The molecule has 0 radical (unpaired) electrons. The fourth-order valence-electron chi connectivity index (χ4n) is 2.10. The van der Waals surface area contributed by atoms with Gasteiger partial charge in [0.25, 0.3) is 0 Å². The molecule has 1 aromatic carbocycles. The fourth-order valence-corrected chi connectivity index (χ4v) is 2.10. The number of amidine groups is 1. The lowest BCUT2D eigenvalue weighted by molar-refractivity contribution is -0.0469. The summed E-state index contributed by atoms with van der Waals surface area (Å²) < 4.78 is 64.7. The molecular weight excluding hydrogens is 336 g/mol. The Labute approximate surface area is 134 Å². The lowest BCUT2D eigenvalue weighted by atomic mass is 10.1. The van der Waals surface area contributed by atoms with Gasteiger partial charge in [0.2, 0.25) is 0 Å². The number of hydrogen-bond acceptors (Lipinski definition) is 5. The van der Waals surface area contributed by atoms with E-state index in [1.807, 2.05) is 0 Å². The third kappa shape index (κ3) is 3.66. The number of nitrogens with one attached hydrogen (secondary N) is 1. The van der Waals surface area contributed by atoms with Crippen LogP contribution in [0.3, 0.4) is 0 Å². The van der Waals surface area contributed by atoms with Gasteiger partial charge in [-0.3, -0.25) is 15.7 Å². The second-order valence-electron chi connectivity index (χ2n) is 5.08. The van der Waals surface area contributed by atoms with Crippen LogP contribution in [0.4, 0.5) is 17.6 Å². The number of alkyl halides is 1. The van der Waals surface area contributed by atoms with Gasteiger partial charge in [-0.05, 0) is 13.0 Å². The van der Waals surface area contributed by atoms with E-state index in [-0.39, 0.29) is 13.2 Å². The van der Waals surface area contributed by atoms with Crippen LogP contribution in [0.5, 0.6) is 0 Å². The standard InChI is InChI=1S/C14H16F4N2O4/c1-6(21)9(5-15)19-13(20-22)7-4-8(14-23-2-3-24-14)11(17)12(18)10(7)16/h4,6,9,14,21-22H,2-3,5H2,1H3,(H,19,20). The number of benzene rings is 1. The van der Waals surface area contributed by atoms with Crippen LogP contribution < -0.4 is 5.48 Å². The molecule has 2 atom stereocenters. The van der Waals surface area contributed by atoms with Crippen molar-refractivity contribution in [2.45, 2.75) is 25.4 Å². The minimum absolute atomic E-state index is 0.142. The van der Waals surface area contributed by atoms with Crippen molar-refractivity contribution in [2.24, 2.45) is 4.99 Å². The molecule has 3 N–H and O–H groups in total. The molecule has 1 fully saturated rings. The lowest BCUT2D eigenvalue weighted by Gasteiger charge is -2.17. The molecule has 10 heteroatoms. The summed E-state index contributed by atoms with van der Waals surface area (Å²) in [4.78, 5) is 3.60. The van der Waals surface area contributed by atoms with Gasteiger partial charge in [-0.1, -0.05) is 0 Å². The third-order valence-electron chi connectivity index (χ3n) is 3.42. The van der Waals surface area contributed by atoms with Crippen LogP contribution in [0.2, 0.25) is 0 Å². The second kappa shape index (κ2) is 7.88. The fraction of sp³-hybridized carbons (Fsp3) is 0.500. The Hall–Kier alpha value is -1.75. The Morgan fingerprint density at radius 3 is 2.42 bits per heavy atom. The molecule has 0 amide bonds. The van der Waals surface area contributed by atoms with Gasteiger partial charge in [-0.25, -0.2) is 17.6 Å². The molecule has 1 saturated heterocycles. The first kappa shape index (κ1) is 18.6. The van der Waals surface area contributed by atoms with Gasteiger partial charge in [-0.15, -0.1) is 0 Å². The number of halogens is 4. The first-order valence-electron chi connectivity index (χ1n) is 7.03. The molecule has 134 valence electrons. The van der Waals surface area contributed by atoms with Gasteiger partial charge >= 0.3 is 0 Å². The second-order valence-corrected chi connectivity index (χ2v) is 5.08. The number of hydrogen-bond donors (Lipinski definition) is 3. The lowest BCUT2D eigenvalue weighted by Crippen LogP contribution is -2.30. The zero-order valence-electron chi connectivity index (χ0n) is 12.6. The minimum Gasteiger partial charge on any atom is -0.391 e. The summed E-state index contributed by atoms with van der Waals surface area (Å²) in [6, 6.07) is -0.502. The zero-order valence-corrected chi connectivity index (χ0v) is 12.6. The molecule has 0 aromatic heterocycles. The van der Waals surface area contributed by atoms with Crippen LogP contribution in [-0.2, 0) is 9.47 Å². The topological polar surface area (TPSA) is 83.3 Å². The van der Waals surface area contributed by atoms with Gasteiger partial charge < -0.3 is 14.6 Å². The smallest absolute Gasteiger partial charge is 0.195 e. The normalized spacial score (nSPS) is 18.7. The summed E-state index contributed by atoms with van der Waals surface area (Å²) in [5.41, 5.74) is 0.410. The van der Waals surface area contributed by atoms with E-state index in [0.29, 0.717) is 0 Å². The molecule has 0 spiro atoms. The van der Waals surface area contributed by atoms with E-state index in [1.54, 1.807) is 0 Å². The van der Waals surface area contributed by atoms with E-state index < -0.39 is 59.5 Å². The maximum Gasteiger partial charge on any atom is 0.195 e. The summed E-state index contributed by atoms with van der Waals surface area (Å²) in [5, 5.41) is 18.5. The number of nitrogens with zero attached hydrogens (tertiary/aromatic N) is 1. The SMILES string of the molecule is CC(O)C(CF)N=C(NO)c1cc(C2OCCO2)c(F)c(F)c1F. The van der Waals surface area contributed by atoms with E-state index in [9.17, 15) is 22.7 Å². The average Bonchev–Trinajstić information content (AvgIpc) is 3.09. The largest absolute Gasteiger partial charge is 0.391 e. The number of rotatable bonds is 5. The predicted octanol–water partition coefficient (Wildman–Crippen LogP) is 1.59. The number of aliphatic hydroxyl groups excluding tert-OH is 1. The first-order valence-corrected chi connectivity index (χ1v) is 7.03. The van der Waals surface area contributed by atoms with Crippen molar-refractivity contribution in [1.82, 2.24) is 5.48 Å². The summed E-state index contributed by atoms with van der Waals surface area (Å²) in [5.74, 6) is -5.64. The van der Waals surface area contributed by atoms with Crippen LogP contribution in [0, 0.1) is 17.5 Å². The molecule has 1 aliphatic rings. The molecule has 1 aromatic rings. The quantitative estimate of drug-likeness (QED) is 0.246. The molecule has 6 nitrogen and oxygen atoms in total. The van der Waals surface area contributed by atoms with Crippen LogP contribution in [0.15, 0.2) is 11.1 Å². The molecule has 0 bridgehead atoms. The Morgan fingerprint density at radius 2 is 1.92 bits per heavy atom. The highest BCUT2D eigenvalue weighted by Crippen LogP contribution is 2.30. The Kier molecular flexibility index (Phi) is 6.10. The van der Waals surface area contributed by atoms with Crippen LogP contribution >= 0.6 is 0 Å². The van der Waals surface area contributed by atoms with E-state index in [2.05, 4.69) is 4.99 Å². The van der Waals surface area contributed by atoms with Crippen LogP contribution in [-0.4, -0.2) is 48.2 Å². The van der Waals surface area contributed by atoms with Gasteiger partial charge in [0, 0.05) is 5.56 Å². The van der Waals surface area contributed by atoms with Crippen molar-refractivity contribution in [2.75, 3.05) is 19.9 Å². The Balaban J connectivity index is 2.52. The number of ether oxygens (including phenoxy) is 2. The van der Waals surface area contributed by atoms with Crippen molar-refractivity contribution in [3.8, 4) is 0 Å². The summed E-state index contributed by atoms with van der Waals surface area (Å²) in [7, 11) is 0. The van der Waals surface area contributed by atoms with E-state index >= 15 is 0 Å². The van der Waals surface area contributed by atoms with Crippen molar-refractivity contribution >= 4 is 5.84 Å². The monoisotopic (exact) mass is 352 g/mol. The summed E-state index contributed by atoms with van der Waals surface area (Å²) in [6.45, 7) is 0.402. The average molecular weight is 352 g/mol. The van der Waals surface area contributed by atoms with E-state index in [1.165, 1.54) is 12.4 Å². The molecule has 1 heterocycles. The van der Waals surface area contributed by atoms with Gasteiger partial charge in [0.05, 0.1) is 24.9 Å². The first-order chi connectivity index (χ1) is 11.4. The highest BCUT2D eigenvalue weighted by Gasteiger charge is 2.29. The van der Waals surface area contributed by atoms with Crippen molar-refractivity contribution < 1.29 is 37.3 Å². The highest BCUT2D eigenvalue weighted by atomic mass is 19.2. The van der Waals surface area contributed by atoms with Crippen LogP contribution in [0.25, 0.3) is 0 Å². The van der Waals surface area contributed by atoms with Crippen molar-refractivity contribution in [1.29, 1.82) is 0 Å². The van der Waals surface area contributed by atoms with Gasteiger partial charge in [-0.2, -0.15) is 0 Å². The minimum atomic E-state index is -1.82. The molecule has 1 aliphatic heterocycles. The molecule has 24 heavy (non-hydrogen) atoms. The molecular formula is C14H16F4N2O4. The number of aliphatic hydroxyl groups is 1. The Bertz CT molecular complexity index is 621. The molecule has 0 saturated carbocycles. The van der Waals surface area contributed by atoms with Crippen LogP contribution in [0.1, 0.15) is 24.3 Å². The number of aliphatic imine (C=N–C) groups is 1. The Morgan fingerprint density at radius 1 is 1.29 bits per heavy atom. The third-order valence-corrected chi connectivity index (χ3v) is 3.42. The molecule has 2 rings (SSSR count). The number of hydroxylamine groups is 1. The van der Waals surface area contributed by atoms with Crippen molar-refractivity contribution in [3.05, 3.63) is 34.6 Å². The molecule has 2 unspecified atom stereocenters. The maximum atomic E-state index is 14.0. The summed E-state index contributed by atoms with van der Waals surface area (Å²) in [6.07, 6.45) is -2.50. The van der Waals surface area contributed by atoms with Gasteiger partial charge in [0.1, 0.15) is 12.7 Å². The van der Waals surface area contributed by atoms with E-state index in [4.69, 9.17) is 14.7 Å². The van der Waals surface area contributed by atoms with Gasteiger partial charge in [0.15, 0.2) is 29.6 Å².